The van der Waals surface area contributed by atoms with Gasteiger partial charge in [-0.1, -0.05) is 30.3 Å². The second-order valence-corrected chi connectivity index (χ2v) is 5.26. The highest BCUT2D eigenvalue weighted by Gasteiger charge is 2.14. The first-order valence-electron chi connectivity index (χ1n) is 7.45. The number of oxazole rings is 1. The zero-order valence-corrected chi connectivity index (χ0v) is 13.1. The fourth-order valence-electron chi connectivity index (χ4n) is 2.58. The molecule has 1 aromatic heterocycles. The van der Waals surface area contributed by atoms with E-state index in [1.807, 2.05) is 49.4 Å². The summed E-state index contributed by atoms with van der Waals surface area (Å²) in [6.45, 7) is 2.52. The Labute approximate surface area is 134 Å². The molecule has 0 aliphatic rings. The minimum absolute atomic E-state index is 0.306. The summed E-state index contributed by atoms with van der Waals surface area (Å²) >= 11 is 0. The Balaban J connectivity index is 1.71. The van der Waals surface area contributed by atoms with E-state index >= 15 is 0 Å². The van der Waals surface area contributed by atoms with E-state index in [4.69, 9.17) is 9.15 Å². The van der Waals surface area contributed by atoms with Gasteiger partial charge in [-0.05, 0) is 36.6 Å². The van der Waals surface area contributed by atoms with Crippen LogP contribution in [0.5, 0.6) is 0 Å². The highest BCUT2D eigenvalue weighted by molar-refractivity contribution is 5.92. The monoisotopic (exact) mass is 310 g/mol. The van der Waals surface area contributed by atoms with E-state index in [-0.39, 0.29) is 5.97 Å². The second kappa shape index (κ2) is 6.52. The summed E-state index contributed by atoms with van der Waals surface area (Å²) in [5.41, 5.74) is 4.06. The molecule has 0 amide bonds. The molecule has 0 aliphatic heterocycles. The van der Waals surface area contributed by atoms with Crippen LogP contribution in [-0.2, 0) is 11.2 Å². The molecular weight excluding hydrogens is 292 g/mol. The zero-order valence-electron chi connectivity index (χ0n) is 13.1. The maximum atomic E-state index is 11.9. The molecule has 5 nitrogen and oxygen atoms in total. The number of ether oxygens (including phenoxy) is 1. The molecule has 2 aromatic carbocycles. The summed E-state index contributed by atoms with van der Waals surface area (Å²) in [6.07, 6.45) is 0.671. The molecule has 0 atom stereocenters. The summed E-state index contributed by atoms with van der Waals surface area (Å²) < 4.78 is 10.5. The van der Waals surface area contributed by atoms with Gasteiger partial charge in [0.15, 0.2) is 5.58 Å². The number of fused-ring (bicyclic) bond motifs is 1. The molecule has 0 aliphatic carbocycles. The fraction of sp³-hybridized carbons (Fsp3) is 0.222. The van der Waals surface area contributed by atoms with Gasteiger partial charge < -0.3 is 14.5 Å². The number of benzene rings is 2. The molecule has 0 saturated heterocycles. The van der Waals surface area contributed by atoms with Crippen LogP contribution in [0.2, 0.25) is 0 Å². The maximum absolute atomic E-state index is 11.9. The van der Waals surface area contributed by atoms with Crippen molar-refractivity contribution in [3.63, 3.8) is 0 Å². The van der Waals surface area contributed by atoms with Crippen molar-refractivity contribution in [2.75, 3.05) is 19.0 Å². The predicted molar refractivity (Wildman–Crippen MR) is 88.7 cm³/mol. The molecule has 0 saturated carbocycles. The van der Waals surface area contributed by atoms with Crippen molar-refractivity contribution in [3.05, 3.63) is 59.2 Å². The molecule has 1 N–H and O–H groups in total. The molecule has 118 valence electrons. The van der Waals surface area contributed by atoms with Crippen LogP contribution in [-0.4, -0.2) is 24.6 Å². The number of carbonyl (C=O) groups is 1. The van der Waals surface area contributed by atoms with Crippen molar-refractivity contribution in [1.82, 2.24) is 4.98 Å². The van der Waals surface area contributed by atoms with Crippen LogP contribution in [0.3, 0.4) is 0 Å². The van der Waals surface area contributed by atoms with Crippen LogP contribution in [0.15, 0.2) is 46.9 Å². The van der Waals surface area contributed by atoms with Gasteiger partial charge in [-0.2, -0.15) is 4.98 Å². The third-order valence-corrected chi connectivity index (χ3v) is 3.71. The molecule has 0 unspecified atom stereocenters. The van der Waals surface area contributed by atoms with Crippen LogP contribution in [0.4, 0.5) is 6.01 Å². The molecule has 3 rings (SSSR count). The van der Waals surface area contributed by atoms with Crippen molar-refractivity contribution in [2.45, 2.75) is 13.3 Å². The van der Waals surface area contributed by atoms with Crippen LogP contribution in [0.25, 0.3) is 11.1 Å². The van der Waals surface area contributed by atoms with Gasteiger partial charge >= 0.3 is 5.97 Å². The molecule has 1 heterocycles. The van der Waals surface area contributed by atoms with Crippen molar-refractivity contribution in [2.24, 2.45) is 0 Å². The number of para-hydroxylation sites is 2. The Morgan fingerprint density at radius 3 is 2.83 bits per heavy atom. The van der Waals surface area contributed by atoms with Crippen LogP contribution < -0.4 is 5.32 Å². The third kappa shape index (κ3) is 3.18. The lowest BCUT2D eigenvalue weighted by molar-refractivity contribution is 0.0598. The van der Waals surface area contributed by atoms with Gasteiger partial charge in [-0.15, -0.1) is 0 Å². The highest BCUT2D eigenvalue weighted by atomic mass is 16.5. The third-order valence-electron chi connectivity index (χ3n) is 3.71. The fourth-order valence-corrected chi connectivity index (χ4v) is 2.58. The molecule has 23 heavy (non-hydrogen) atoms. The van der Waals surface area contributed by atoms with E-state index in [9.17, 15) is 4.79 Å². The van der Waals surface area contributed by atoms with E-state index in [1.54, 1.807) is 0 Å². The summed E-state index contributed by atoms with van der Waals surface area (Å²) in [5.74, 6) is -0.306. The van der Waals surface area contributed by atoms with Crippen LogP contribution in [0, 0.1) is 6.92 Å². The number of aromatic nitrogens is 1. The standard InChI is InChI=1S/C18H18N2O3/c1-12-6-5-7-13(16(12)17(21)22-2)10-11-19-18-20-14-8-3-4-9-15(14)23-18/h3-9H,10-11H2,1-2H3,(H,19,20). The Bertz CT molecular complexity index is 806. The van der Waals surface area contributed by atoms with Crippen LogP contribution >= 0.6 is 0 Å². The number of nitrogens with one attached hydrogen (secondary N) is 1. The molecule has 5 heteroatoms. The SMILES string of the molecule is COC(=O)c1c(C)cccc1CCNc1nc2ccccc2o1. The lowest BCUT2D eigenvalue weighted by Gasteiger charge is -2.10. The first-order valence-corrected chi connectivity index (χ1v) is 7.45. The Kier molecular flexibility index (Phi) is 4.28. The normalized spacial score (nSPS) is 10.7. The van der Waals surface area contributed by atoms with E-state index in [0.717, 1.165) is 22.2 Å². The van der Waals surface area contributed by atoms with Gasteiger partial charge in [-0.3, -0.25) is 0 Å². The van der Waals surface area contributed by atoms with Gasteiger partial charge in [-0.25, -0.2) is 4.79 Å². The quantitative estimate of drug-likeness (QED) is 0.730. The zero-order chi connectivity index (χ0) is 16.2. The highest BCUT2D eigenvalue weighted by Crippen LogP contribution is 2.19. The average Bonchev–Trinajstić information content (AvgIpc) is 2.97. The number of rotatable bonds is 5. The Morgan fingerprint density at radius 1 is 1.22 bits per heavy atom. The van der Waals surface area contributed by atoms with Crippen molar-refractivity contribution >= 4 is 23.1 Å². The summed E-state index contributed by atoms with van der Waals surface area (Å²) in [6, 6.07) is 13.9. The number of anilines is 1. The van der Waals surface area contributed by atoms with E-state index in [1.165, 1.54) is 7.11 Å². The van der Waals surface area contributed by atoms with Gasteiger partial charge in [0.05, 0.1) is 12.7 Å². The van der Waals surface area contributed by atoms with Crippen LogP contribution in [0.1, 0.15) is 21.5 Å². The number of hydrogen-bond acceptors (Lipinski definition) is 5. The van der Waals surface area contributed by atoms with Crippen molar-refractivity contribution in [3.8, 4) is 0 Å². The van der Waals surface area contributed by atoms with E-state index in [2.05, 4.69) is 10.3 Å². The summed E-state index contributed by atoms with van der Waals surface area (Å²) in [5, 5.41) is 3.16. The number of aryl methyl sites for hydroxylation is 1. The number of esters is 1. The summed E-state index contributed by atoms with van der Waals surface area (Å²) in [7, 11) is 1.40. The van der Waals surface area contributed by atoms with Gasteiger partial charge in [0.1, 0.15) is 5.52 Å². The number of nitrogens with zero attached hydrogens (tertiary/aromatic N) is 1. The Morgan fingerprint density at radius 2 is 2.04 bits per heavy atom. The smallest absolute Gasteiger partial charge is 0.338 e. The molecule has 0 spiro atoms. The molecule has 0 bridgehead atoms. The first kappa shape index (κ1) is 15.1. The first-order chi connectivity index (χ1) is 11.2. The molecule has 3 aromatic rings. The minimum atomic E-state index is -0.306. The molecular formula is C18H18N2O3. The Hall–Kier alpha value is -2.82. The minimum Gasteiger partial charge on any atom is -0.465 e. The number of methoxy groups -OCH3 is 1. The maximum Gasteiger partial charge on any atom is 0.338 e. The van der Waals surface area contributed by atoms with Gasteiger partial charge in [0, 0.05) is 6.54 Å². The topological polar surface area (TPSA) is 64.4 Å². The van der Waals surface area contributed by atoms with Crippen molar-refractivity contribution in [1.29, 1.82) is 0 Å². The lowest BCUT2D eigenvalue weighted by Crippen LogP contribution is -2.12. The van der Waals surface area contributed by atoms with Crippen molar-refractivity contribution < 1.29 is 13.9 Å². The number of hydrogen-bond donors (Lipinski definition) is 1. The average molecular weight is 310 g/mol. The number of carbonyl (C=O) groups excluding carboxylic acids is 1. The van der Waals surface area contributed by atoms with Gasteiger partial charge in [0.2, 0.25) is 0 Å². The molecule has 0 radical (unpaired) electrons. The van der Waals surface area contributed by atoms with E-state index < -0.39 is 0 Å². The lowest BCUT2D eigenvalue weighted by atomic mass is 9.99. The van der Waals surface area contributed by atoms with E-state index in [0.29, 0.717) is 24.5 Å². The summed E-state index contributed by atoms with van der Waals surface area (Å²) in [4.78, 5) is 16.3. The second-order valence-electron chi connectivity index (χ2n) is 5.26. The van der Waals surface area contributed by atoms with Gasteiger partial charge in [0.25, 0.3) is 6.01 Å². The predicted octanol–water partition coefficient (Wildman–Crippen LogP) is 3.58. The largest absolute Gasteiger partial charge is 0.465 e. The molecule has 0 fully saturated rings.